The monoisotopic (exact) mass is 202 g/mol. The van der Waals surface area contributed by atoms with Crippen LogP contribution in [0.2, 0.25) is 0 Å². The Kier molecular flexibility index (Phi) is 2.20. The number of nitriles is 1. The van der Waals surface area contributed by atoms with Gasteiger partial charge in [0.2, 0.25) is 0 Å². The van der Waals surface area contributed by atoms with E-state index in [2.05, 4.69) is 20.9 Å². The van der Waals surface area contributed by atoms with Crippen LogP contribution < -0.4 is 0 Å². The highest BCUT2D eigenvalue weighted by atomic mass is 79.9. The van der Waals surface area contributed by atoms with E-state index in [0.29, 0.717) is 4.88 Å². The van der Waals surface area contributed by atoms with Crippen LogP contribution in [0.3, 0.4) is 0 Å². The van der Waals surface area contributed by atoms with E-state index in [1.165, 1.54) is 11.3 Å². The van der Waals surface area contributed by atoms with Gasteiger partial charge in [-0.05, 0) is 0 Å². The molecule has 0 unspecified atom stereocenters. The summed E-state index contributed by atoms with van der Waals surface area (Å²) >= 11 is 4.65. The van der Waals surface area contributed by atoms with Gasteiger partial charge in [-0.2, -0.15) is 5.26 Å². The van der Waals surface area contributed by atoms with Gasteiger partial charge in [-0.15, -0.1) is 11.3 Å². The molecule has 0 N–H and O–H groups in total. The highest BCUT2D eigenvalue weighted by molar-refractivity contribution is 9.08. The minimum Gasteiger partial charge on any atom is -0.247 e. The lowest BCUT2D eigenvalue weighted by Crippen LogP contribution is -1.66. The van der Waals surface area contributed by atoms with E-state index in [1.807, 2.05) is 6.07 Å². The SMILES string of the molecule is N#Cc1cnc(CBr)s1. The zero-order valence-electron chi connectivity index (χ0n) is 4.47. The third-order valence-corrected chi connectivity index (χ3v) is 2.58. The molecule has 1 rings (SSSR count). The van der Waals surface area contributed by atoms with Gasteiger partial charge in [0.1, 0.15) is 16.0 Å². The molecule has 0 aliphatic carbocycles. The van der Waals surface area contributed by atoms with Crippen molar-refractivity contribution in [1.29, 1.82) is 5.26 Å². The fourth-order valence-corrected chi connectivity index (χ4v) is 1.48. The van der Waals surface area contributed by atoms with Crippen LogP contribution in [-0.4, -0.2) is 4.98 Å². The Morgan fingerprint density at radius 1 is 1.89 bits per heavy atom. The fraction of sp³-hybridized carbons (Fsp3) is 0.200. The number of hydrogen-bond donors (Lipinski definition) is 0. The maximum Gasteiger partial charge on any atom is 0.124 e. The second-order valence-corrected chi connectivity index (χ2v) is 3.04. The van der Waals surface area contributed by atoms with Crippen molar-refractivity contribution in [3.05, 3.63) is 16.1 Å². The summed E-state index contributed by atoms with van der Waals surface area (Å²) < 4.78 is 0. The smallest absolute Gasteiger partial charge is 0.124 e. The van der Waals surface area contributed by atoms with E-state index in [0.717, 1.165) is 10.3 Å². The molecule has 1 heterocycles. The largest absolute Gasteiger partial charge is 0.247 e. The van der Waals surface area contributed by atoms with Gasteiger partial charge in [0.25, 0.3) is 0 Å². The highest BCUT2D eigenvalue weighted by Gasteiger charge is 1.96. The Morgan fingerprint density at radius 2 is 2.67 bits per heavy atom. The van der Waals surface area contributed by atoms with Crippen molar-refractivity contribution < 1.29 is 0 Å². The topological polar surface area (TPSA) is 36.7 Å². The number of rotatable bonds is 1. The fourth-order valence-electron chi connectivity index (χ4n) is 0.424. The third-order valence-electron chi connectivity index (χ3n) is 0.778. The predicted octanol–water partition coefficient (Wildman–Crippen LogP) is 1.91. The number of alkyl halides is 1. The van der Waals surface area contributed by atoms with E-state index in [4.69, 9.17) is 5.26 Å². The molecular formula is C5H3BrN2S. The van der Waals surface area contributed by atoms with Gasteiger partial charge in [-0.1, -0.05) is 15.9 Å². The number of hydrogen-bond acceptors (Lipinski definition) is 3. The van der Waals surface area contributed by atoms with Crippen molar-refractivity contribution in [1.82, 2.24) is 4.98 Å². The van der Waals surface area contributed by atoms with Crippen LogP contribution in [-0.2, 0) is 5.33 Å². The van der Waals surface area contributed by atoms with Crippen LogP contribution in [0.1, 0.15) is 9.88 Å². The van der Waals surface area contributed by atoms with Gasteiger partial charge in [0.05, 0.1) is 11.5 Å². The van der Waals surface area contributed by atoms with Gasteiger partial charge >= 0.3 is 0 Å². The lowest BCUT2D eigenvalue weighted by atomic mass is 10.6. The third kappa shape index (κ3) is 1.50. The molecule has 0 radical (unpaired) electrons. The van der Waals surface area contributed by atoms with E-state index in [1.54, 1.807) is 6.20 Å². The van der Waals surface area contributed by atoms with Crippen LogP contribution in [0.4, 0.5) is 0 Å². The Hall–Kier alpha value is -0.400. The average molecular weight is 203 g/mol. The molecule has 4 heteroatoms. The molecule has 1 aromatic heterocycles. The maximum absolute atomic E-state index is 8.35. The second kappa shape index (κ2) is 2.95. The van der Waals surface area contributed by atoms with Crippen molar-refractivity contribution >= 4 is 27.3 Å². The molecule has 0 aliphatic heterocycles. The lowest BCUT2D eigenvalue weighted by Gasteiger charge is -1.76. The lowest BCUT2D eigenvalue weighted by molar-refractivity contribution is 1.28. The molecule has 0 saturated heterocycles. The molecule has 9 heavy (non-hydrogen) atoms. The van der Waals surface area contributed by atoms with Crippen molar-refractivity contribution in [2.45, 2.75) is 5.33 Å². The quantitative estimate of drug-likeness (QED) is 0.653. The first-order valence-electron chi connectivity index (χ1n) is 2.27. The summed E-state index contributed by atoms with van der Waals surface area (Å²) in [5.74, 6) is 0. The summed E-state index contributed by atoms with van der Waals surface area (Å²) in [6, 6.07) is 2.02. The minimum absolute atomic E-state index is 0.671. The zero-order chi connectivity index (χ0) is 6.69. The Bertz CT molecular complexity index is 237. The number of aromatic nitrogens is 1. The van der Waals surface area contributed by atoms with Gasteiger partial charge in [0.15, 0.2) is 0 Å². The van der Waals surface area contributed by atoms with Crippen LogP contribution in [0, 0.1) is 11.3 Å². The van der Waals surface area contributed by atoms with E-state index >= 15 is 0 Å². The summed E-state index contributed by atoms with van der Waals surface area (Å²) in [6.45, 7) is 0. The molecule has 0 aromatic carbocycles. The van der Waals surface area contributed by atoms with E-state index in [-0.39, 0.29) is 0 Å². The number of nitrogens with zero attached hydrogens (tertiary/aromatic N) is 2. The summed E-state index contributed by atoms with van der Waals surface area (Å²) in [7, 11) is 0. The van der Waals surface area contributed by atoms with Crippen LogP contribution >= 0.6 is 27.3 Å². The van der Waals surface area contributed by atoms with E-state index in [9.17, 15) is 0 Å². The molecule has 0 saturated carbocycles. The molecule has 0 bridgehead atoms. The van der Waals surface area contributed by atoms with Crippen molar-refractivity contribution in [2.75, 3.05) is 0 Å². The summed E-state index contributed by atoms with van der Waals surface area (Å²) in [5, 5.41) is 10.0. The van der Waals surface area contributed by atoms with Gasteiger partial charge in [-0.25, -0.2) is 4.98 Å². The first kappa shape index (κ1) is 6.72. The second-order valence-electron chi connectivity index (χ2n) is 1.36. The Labute approximate surface area is 65.3 Å². The molecular weight excluding hydrogens is 200 g/mol. The summed E-state index contributed by atoms with van der Waals surface area (Å²) in [6.07, 6.45) is 1.58. The van der Waals surface area contributed by atoms with Gasteiger partial charge in [-0.3, -0.25) is 0 Å². The van der Waals surface area contributed by atoms with Crippen LogP contribution in [0.15, 0.2) is 6.20 Å². The molecule has 0 spiro atoms. The molecule has 46 valence electrons. The first-order chi connectivity index (χ1) is 4.36. The predicted molar refractivity (Wildman–Crippen MR) is 39.5 cm³/mol. The minimum atomic E-state index is 0.671. The van der Waals surface area contributed by atoms with Crippen molar-refractivity contribution in [2.24, 2.45) is 0 Å². The average Bonchev–Trinajstić information content (AvgIpc) is 2.34. The van der Waals surface area contributed by atoms with E-state index < -0.39 is 0 Å². The molecule has 0 atom stereocenters. The highest BCUT2D eigenvalue weighted by Crippen LogP contribution is 2.13. The molecule has 1 aromatic rings. The normalized spacial score (nSPS) is 8.89. The van der Waals surface area contributed by atoms with Crippen LogP contribution in [0.25, 0.3) is 0 Å². The summed E-state index contributed by atoms with van der Waals surface area (Å²) in [5.41, 5.74) is 0. The maximum atomic E-state index is 8.35. The first-order valence-corrected chi connectivity index (χ1v) is 4.21. The Morgan fingerprint density at radius 3 is 3.00 bits per heavy atom. The number of halogens is 1. The zero-order valence-corrected chi connectivity index (χ0v) is 6.87. The van der Waals surface area contributed by atoms with Gasteiger partial charge in [0, 0.05) is 0 Å². The van der Waals surface area contributed by atoms with Crippen molar-refractivity contribution in [3.63, 3.8) is 0 Å². The standard InChI is InChI=1S/C5H3BrN2S/c6-1-5-8-3-4(2-7)9-5/h3H,1H2. The Balaban J connectivity index is 2.90. The van der Waals surface area contributed by atoms with Crippen molar-refractivity contribution in [3.8, 4) is 6.07 Å². The molecule has 0 fully saturated rings. The number of thiazole rings is 1. The molecule has 0 aliphatic rings. The van der Waals surface area contributed by atoms with Gasteiger partial charge < -0.3 is 0 Å². The molecule has 0 amide bonds. The summed E-state index contributed by atoms with van der Waals surface area (Å²) in [4.78, 5) is 4.63. The molecule has 2 nitrogen and oxygen atoms in total. The van der Waals surface area contributed by atoms with Crippen LogP contribution in [0.5, 0.6) is 0 Å².